The molecule has 4 aromatic rings. The van der Waals surface area contributed by atoms with Crippen LogP contribution in [0.3, 0.4) is 0 Å². The summed E-state index contributed by atoms with van der Waals surface area (Å²) in [6.07, 6.45) is 0.915. The molecule has 10 heteroatoms. The first kappa shape index (κ1) is 27.6. The molecule has 2 heterocycles. The normalized spacial score (nSPS) is 14.7. The Hall–Kier alpha value is -3.95. The van der Waals surface area contributed by atoms with Crippen LogP contribution in [0, 0.1) is 12.8 Å². The lowest BCUT2D eigenvalue weighted by atomic mass is 9.78. The summed E-state index contributed by atoms with van der Waals surface area (Å²) in [5.74, 6) is 0.767. The summed E-state index contributed by atoms with van der Waals surface area (Å²) >= 11 is 0. The first-order chi connectivity index (χ1) is 19.2. The fourth-order valence-electron chi connectivity index (χ4n) is 5.21. The third-order valence-corrected chi connectivity index (χ3v) is 7.51. The molecule has 1 aliphatic rings. The first-order valence-corrected chi connectivity index (χ1v) is 13.5. The van der Waals surface area contributed by atoms with Gasteiger partial charge in [0.15, 0.2) is 11.5 Å². The third kappa shape index (κ3) is 5.66. The van der Waals surface area contributed by atoms with Gasteiger partial charge in [0, 0.05) is 18.2 Å². The standard InChI is InChI=1S/C30H32F3N5O2/c1-4-7-23(20-9-6-10-20)34-25-24-26(36-27(35-25)29(39)40-3)37-28(21-11-5-8-18(2)16-21)38(24)17-19-12-14-22(15-13-19)30(31,32)33/h5,8,11-16,20,23H,4,6-7,9-10,17H2,1-3H3,(H,34,35,36). The van der Waals surface area contributed by atoms with Gasteiger partial charge in [0.25, 0.3) is 0 Å². The van der Waals surface area contributed by atoms with E-state index in [4.69, 9.17) is 9.72 Å². The Morgan fingerprint density at radius 1 is 1.12 bits per heavy atom. The molecule has 1 saturated carbocycles. The molecule has 0 radical (unpaired) electrons. The molecular formula is C30H32F3N5O2. The fraction of sp³-hybridized carbons (Fsp3) is 0.400. The van der Waals surface area contributed by atoms with Crippen molar-refractivity contribution in [1.82, 2.24) is 19.5 Å². The smallest absolute Gasteiger partial charge is 0.416 e. The number of hydrogen-bond donors (Lipinski definition) is 1. The molecule has 0 saturated heterocycles. The second-order valence-corrected chi connectivity index (χ2v) is 10.4. The van der Waals surface area contributed by atoms with Crippen molar-refractivity contribution < 1.29 is 22.7 Å². The van der Waals surface area contributed by atoms with Crippen LogP contribution in [-0.2, 0) is 17.5 Å². The summed E-state index contributed by atoms with van der Waals surface area (Å²) < 4.78 is 46.5. The maximum Gasteiger partial charge on any atom is 0.416 e. The Bertz CT molecular complexity index is 1510. The molecule has 0 amide bonds. The zero-order chi connectivity index (χ0) is 28.4. The van der Waals surface area contributed by atoms with Gasteiger partial charge < -0.3 is 14.6 Å². The van der Waals surface area contributed by atoms with Gasteiger partial charge in [-0.25, -0.2) is 19.7 Å². The maximum absolute atomic E-state index is 13.2. The van der Waals surface area contributed by atoms with E-state index in [1.165, 1.54) is 25.7 Å². The van der Waals surface area contributed by atoms with Crippen molar-refractivity contribution >= 4 is 23.0 Å². The van der Waals surface area contributed by atoms with Crippen molar-refractivity contribution in [1.29, 1.82) is 0 Å². The van der Waals surface area contributed by atoms with Gasteiger partial charge >= 0.3 is 12.1 Å². The highest BCUT2D eigenvalue weighted by Gasteiger charge is 2.31. The van der Waals surface area contributed by atoms with Crippen LogP contribution in [-0.4, -0.2) is 38.6 Å². The minimum Gasteiger partial charge on any atom is -0.463 e. The van der Waals surface area contributed by atoms with Crippen molar-refractivity contribution in [3.8, 4) is 11.4 Å². The Morgan fingerprint density at radius 2 is 1.88 bits per heavy atom. The van der Waals surface area contributed by atoms with Gasteiger partial charge in [0.2, 0.25) is 5.82 Å². The Balaban J connectivity index is 1.69. The Kier molecular flexibility index (Phi) is 7.78. The predicted octanol–water partition coefficient (Wildman–Crippen LogP) is 7.04. The van der Waals surface area contributed by atoms with E-state index in [2.05, 4.69) is 22.2 Å². The molecule has 5 rings (SSSR count). The number of hydrogen-bond acceptors (Lipinski definition) is 6. The van der Waals surface area contributed by atoms with E-state index >= 15 is 0 Å². The monoisotopic (exact) mass is 551 g/mol. The van der Waals surface area contributed by atoms with Gasteiger partial charge in [0.1, 0.15) is 11.3 Å². The van der Waals surface area contributed by atoms with Crippen LogP contribution >= 0.6 is 0 Å². The molecule has 0 aliphatic heterocycles. The van der Waals surface area contributed by atoms with Crippen molar-refractivity contribution in [2.24, 2.45) is 5.92 Å². The number of halogens is 3. The molecule has 1 aliphatic carbocycles. The lowest BCUT2D eigenvalue weighted by Crippen LogP contribution is -2.34. The van der Waals surface area contributed by atoms with Gasteiger partial charge in [0.05, 0.1) is 12.7 Å². The van der Waals surface area contributed by atoms with E-state index in [1.807, 2.05) is 35.8 Å². The van der Waals surface area contributed by atoms with Crippen LogP contribution in [0.15, 0.2) is 48.5 Å². The number of methoxy groups -OCH3 is 1. The van der Waals surface area contributed by atoms with Crippen molar-refractivity contribution in [2.45, 2.75) is 64.7 Å². The Labute approximate surface area is 230 Å². The number of nitrogens with one attached hydrogen (secondary N) is 1. The van der Waals surface area contributed by atoms with E-state index in [9.17, 15) is 18.0 Å². The summed E-state index contributed by atoms with van der Waals surface area (Å²) in [6.45, 7) is 4.34. The highest BCUT2D eigenvalue weighted by molar-refractivity contribution is 5.93. The van der Waals surface area contributed by atoms with E-state index < -0.39 is 17.7 Å². The molecule has 1 fully saturated rings. The zero-order valence-electron chi connectivity index (χ0n) is 22.8. The molecule has 0 bridgehead atoms. The topological polar surface area (TPSA) is 81.9 Å². The number of esters is 1. The number of anilines is 1. The molecule has 1 unspecified atom stereocenters. The molecule has 2 aromatic carbocycles. The number of carbonyl (C=O) groups is 1. The molecule has 1 N–H and O–H groups in total. The van der Waals surface area contributed by atoms with Crippen LogP contribution in [0.1, 0.15) is 66.3 Å². The van der Waals surface area contributed by atoms with Gasteiger partial charge in [-0.15, -0.1) is 0 Å². The van der Waals surface area contributed by atoms with Crippen LogP contribution in [0.5, 0.6) is 0 Å². The quantitative estimate of drug-likeness (QED) is 0.225. The van der Waals surface area contributed by atoms with E-state index in [1.54, 1.807) is 0 Å². The number of fused-ring (bicyclic) bond motifs is 1. The predicted molar refractivity (Wildman–Crippen MR) is 147 cm³/mol. The van der Waals surface area contributed by atoms with Crippen LogP contribution < -0.4 is 5.32 Å². The summed E-state index contributed by atoms with van der Waals surface area (Å²) in [4.78, 5) is 26.4. The average molecular weight is 552 g/mol. The summed E-state index contributed by atoms with van der Waals surface area (Å²) in [5.41, 5.74) is 2.70. The number of carbonyl (C=O) groups excluding carboxylic acids is 1. The molecule has 210 valence electrons. The van der Waals surface area contributed by atoms with Gasteiger partial charge in [-0.1, -0.05) is 55.7 Å². The average Bonchev–Trinajstić information content (AvgIpc) is 3.25. The van der Waals surface area contributed by atoms with E-state index in [0.29, 0.717) is 34.3 Å². The number of benzene rings is 2. The lowest BCUT2D eigenvalue weighted by molar-refractivity contribution is -0.137. The SMILES string of the molecule is CCCC(Nc1nc(C(=O)OC)nc2nc(-c3cccc(C)c3)n(Cc3ccc(C(F)(F)F)cc3)c12)C1CCC1. The van der Waals surface area contributed by atoms with Gasteiger partial charge in [-0.05, 0) is 55.9 Å². The number of aromatic nitrogens is 4. The minimum atomic E-state index is -4.42. The number of alkyl halides is 3. The molecule has 1 atom stereocenters. The number of ether oxygens (including phenoxy) is 1. The van der Waals surface area contributed by atoms with Crippen LogP contribution in [0.25, 0.3) is 22.6 Å². The zero-order valence-corrected chi connectivity index (χ0v) is 22.8. The van der Waals surface area contributed by atoms with Gasteiger partial charge in [-0.2, -0.15) is 13.2 Å². The number of imidazole rings is 1. The van der Waals surface area contributed by atoms with Gasteiger partial charge in [-0.3, -0.25) is 0 Å². The number of nitrogens with zero attached hydrogens (tertiary/aromatic N) is 4. The fourth-order valence-corrected chi connectivity index (χ4v) is 5.21. The Morgan fingerprint density at radius 3 is 2.48 bits per heavy atom. The van der Waals surface area contributed by atoms with E-state index in [-0.39, 0.29) is 18.4 Å². The van der Waals surface area contributed by atoms with Crippen LogP contribution in [0.4, 0.5) is 19.0 Å². The number of aryl methyl sites for hydroxylation is 1. The summed E-state index contributed by atoms with van der Waals surface area (Å²) in [5, 5.41) is 3.61. The molecular weight excluding hydrogens is 519 g/mol. The highest BCUT2D eigenvalue weighted by atomic mass is 19.4. The lowest BCUT2D eigenvalue weighted by Gasteiger charge is -2.34. The van der Waals surface area contributed by atoms with E-state index in [0.717, 1.165) is 48.9 Å². The number of rotatable bonds is 9. The summed E-state index contributed by atoms with van der Waals surface area (Å²) in [6, 6.07) is 13.1. The van der Waals surface area contributed by atoms with Crippen molar-refractivity contribution in [2.75, 3.05) is 12.4 Å². The molecule has 7 nitrogen and oxygen atoms in total. The van der Waals surface area contributed by atoms with Crippen molar-refractivity contribution in [3.63, 3.8) is 0 Å². The van der Waals surface area contributed by atoms with Crippen LogP contribution in [0.2, 0.25) is 0 Å². The third-order valence-electron chi connectivity index (χ3n) is 7.51. The highest BCUT2D eigenvalue weighted by Crippen LogP contribution is 2.36. The molecule has 2 aromatic heterocycles. The largest absolute Gasteiger partial charge is 0.463 e. The first-order valence-electron chi connectivity index (χ1n) is 13.5. The molecule has 40 heavy (non-hydrogen) atoms. The second-order valence-electron chi connectivity index (χ2n) is 10.4. The second kappa shape index (κ2) is 11.3. The van der Waals surface area contributed by atoms with Crippen molar-refractivity contribution in [3.05, 3.63) is 71.0 Å². The minimum absolute atomic E-state index is 0.101. The molecule has 0 spiro atoms. The maximum atomic E-state index is 13.2. The summed E-state index contributed by atoms with van der Waals surface area (Å²) in [7, 11) is 1.28.